The van der Waals surface area contributed by atoms with Crippen molar-refractivity contribution in [2.24, 2.45) is 0 Å². The monoisotopic (exact) mass is 830 g/mol. The second-order valence-electron chi connectivity index (χ2n) is 16.3. The molecule has 0 amide bonds. The molecule has 0 aliphatic heterocycles. The highest BCUT2D eigenvalue weighted by Gasteiger charge is 2.24. The van der Waals surface area contributed by atoms with Crippen LogP contribution >= 0.6 is 0 Å². The molecule has 0 fully saturated rings. The van der Waals surface area contributed by atoms with Gasteiger partial charge in [-0.15, -0.1) is 0 Å². The molecule has 0 unspecified atom stereocenters. The lowest BCUT2D eigenvalue weighted by molar-refractivity contribution is 0.675. The molecule has 0 N–H and O–H groups in total. The molecule has 4 heterocycles. The van der Waals surface area contributed by atoms with Crippen LogP contribution in [0.3, 0.4) is 0 Å². The van der Waals surface area contributed by atoms with Gasteiger partial charge in [-0.25, -0.2) is 15.0 Å². The molecule has 65 heavy (non-hydrogen) atoms. The Morgan fingerprint density at radius 2 is 0.938 bits per heavy atom. The number of benzene rings is 9. The molecule has 0 aliphatic rings. The maximum Gasteiger partial charge on any atom is 0.164 e. The summed E-state index contributed by atoms with van der Waals surface area (Å²) in [4.78, 5) is 15.1. The topological polar surface area (TPSA) is 85.5 Å². The quantitative estimate of drug-likeness (QED) is 0.167. The minimum atomic E-state index is 0.473. The number of aromatic nitrogens is 5. The van der Waals surface area contributed by atoms with E-state index in [9.17, 15) is 5.26 Å². The number of nitriles is 1. The van der Waals surface area contributed by atoms with Gasteiger partial charge in [-0.2, -0.15) is 5.26 Å². The molecule has 13 aromatic rings. The summed E-state index contributed by atoms with van der Waals surface area (Å²) in [6, 6.07) is 73.0. The van der Waals surface area contributed by atoms with Crippen molar-refractivity contribution >= 4 is 65.6 Å². The molecule has 4 aromatic heterocycles. The van der Waals surface area contributed by atoms with Gasteiger partial charge in [0.1, 0.15) is 11.7 Å². The Morgan fingerprint density at radius 1 is 0.385 bits per heavy atom. The van der Waals surface area contributed by atoms with Crippen LogP contribution in [0.2, 0.25) is 0 Å². The molecule has 0 saturated carbocycles. The van der Waals surface area contributed by atoms with Gasteiger partial charge in [0.2, 0.25) is 0 Å². The zero-order chi connectivity index (χ0) is 43.0. The summed E-state index contributed by atoms with van der Waals surface area (Å²) in [7, 11) is 0. The van der Waals surface area contributed by atoms with Crippen molar-refractivity contribution < 1.29 is 4.42 Å². The molecular weight excluding hydrogens is 797 g/mol. The zero-order valence-electron chi connectivity index (χ0n) is 34.7. The van der Waals surface area contributed by atoms with Crippen molar-refractivity contribution in [1.82, 2.24) is 24.1 Å². The molecule has 0 saturated heterocycles. The van der Waals surface area contributed by atoms with E-state index < -0.39 is 0 Å². The van der Waals surface area contributed by atoms with Gasteiger partial charge >= 0.3 is 0 Å². The number of hydrogen-bond donors (Lipinski definition) is 0. The van der Waals surface area contributed by atoms with E-state index >= 15 is 0 Å². The average molecular weight is 831 g/mol. The van der Waals surface area contributed by atoms with E-state index in [4.69, 9.17) is 19.4 Å². The minimum Gasteiger partial charge on any atom is -0.453 e. The first-order chi connectivity index (χ1) is 32.2. The first-order valence-corrected chi connectivity index (χ1v) is 21.6. The fourth-order valence-electron chi connectivity index (χ4n) is 9.68. The summed E-state index contributed by atoms with van der Waals surface area (Å²) in [5.74, 6) is 1.57. The number of hydrogen-bond acceptors (Lipinski definition) is 5. The van der Waals surface area contributed by atoms with Crippen LogP contribution < -0.4 is 0 Å². The van der Waals surface area contributed by atoms with Gasteiger partial charge in [0.15, 0.2) is 23.1 Å². The largest absolute Gasteiger partial charge is 0.453 e. The van der Waals surface area contributed by atoms with Crippen LogP contribution in [0.1, 0.15) is 5.56 Å². The second-order valence-corrected chi connectivity index (χ2v) is 16.3. The Labute approximate surface area is 372 Å². The third-order valence-electron chi connectivity index (χ3n) is 12.6. The van der Waals surface area contributed by atoms with E-state index in [1.165, 1.54) is 0 Å². The smallest absolute Gasteiger partial charge is 0.164 e. The van der Waals surface area contributed by atoms with Crippen LogP contribution in [0.25, 0.3) is 122 Å². The maximum absolute atomic E-state index is 11.0. The Balaban J connectivity index is 1.02. The van der Waals surface area contributed by atoms with E-state index in [2.05, 4.69) is 130 Å². The van der Waals surface area contributed by atoms with Crippen molar-refractivity contribution in [3.05, 3.63) is 212 Å². The number of nitrogens with zero attached hydrogens (tertiary/aromatic N) is 6. The third-order valence-corrected chi connectivity index (χ3v) is 12.6. The molecular formula is C58H34N6O. The molecule has 7 heteroatoms. The number of rotatable bonds is 6. The van der Waals surface area contributed by atoms with Crippen molar-refractivity contribution in [3.8, 4) is 62.7 Å². The summed E-state index contributed by atoms with van der Waals surface area (Å²) in [6.45, 7) is 0. The van der Waals surface area contributed by atoms with Gasteiger partial charge in [0.05, 0.1) is 38.7 Å². The summed E-state index contributed by atoms with van der Waals surface area (Å²) in [5.41, 5.74) is 12.6. The van der Waals surface area contributed by atoms with Gasteiger partial charge < -0.3 is 13.6 Å². The van der Waals surface area contributed by atoms with E-state index in [0.29, 0.717) is 28.6 Å². The highest BCUT2D eigenvalue weighted by Crippen LogP contribution is 2.45. The summed E-state index contributed by atoms with van der Waals surface area (Å²) in [5, 5.41) is 17.4. The lowest BCUT2D eigenvalue weighted by Crippen LogP contribution is -2.02. The molecule has 0 atom stereocenters. The second kappa shape index (κ2) is 14.5. The first-order valence-electron chi connectivity index (χ1n) is 21.6. The van der Waals surface area contributed by atoms with Crippen molar-refractivity contribution in [1.29, 1.82) is 5.26 Å². The number of para-hydroxylation sites is 3. The maximum atomic E-state index is 11.0. The standard InChI is InChI=1S/C58H34N6O/c59-35-41-34-40(58-61-56(37-17-6-2-7-18-37)60-57(62-58)39-20-14-19-38(33-39)36-15-4-1-5-16-36)27-31-48(41)64-49-25-12-10-23-43(49)44-28-29-46-45-30-32-51-52(54(45)65-55(46)53(44)64)47-24-11-13-26-50(47)63(51)42-21-8-3-9-22-42/h1-34H. The molecule has 0 radical (unpaired) electrons. The molecule has 302 valence electrons. The summed E-state index contributed by atoms with van der Waals surface area (Å²) < 4.78 is 11.7. The van der Waals surface area contributed by atoms with Crippen LogP contribution in [0, 0.1) is 11.3 Å². The summed E-state index contributed by atoms with van der Waals surface area (Å²) in [6.07, 6.45) is 0. The fraction of sp³-hybridized carbons (Fsp3) is 0. The predicted molar refractivity (Wildman–Crippen MR) is 262 cm³/mol. The van der Waals surface area contributed by atoms with Crippen molar-refractivity contribution in [2.75, 3.05) is 0 Å². The molecule has 0 aliphatic carbocycles. The average Bonchev–Trinajstić information content (AvgIpc) is 4.05. The van der Waals surface area contributed by atoms with Gasteiger partial charge in [-0.05, 0) is 77.9 Å². The first kappa shape index (κ1) is 36.5. The molecule has 13 rings (SSSR count). The fourth-order valence-corrected chi connectivity index (χ4v) is 9.68. The van der Waals surface area contributed by atoms with Crippen LogP contribution in [0.5, 0.6) is 0 Å². The Hall–Kier alpha value is -9.12. The van der Waals surface area contributed by atoms with Gasteiger partial charge in [-0.1, -0.05) is 140 Å². The third kappa shape index (κ3) is 5.71. The lowest BCUT2D eigenvalue weighted by Gasteiger charge is -2.13. The highest BCUT2D eigenvalue weighted by atomic mass is 16.3. The van der Waals surface area contributed by atoms with Crippen LogP contribution in [0.4, 0.5) is 0 Å². The molecule has 0 spiro atoms. The van der Waals surface area contributed by atoms with E-state index in [-0.39, 0.29) is 0 Å². The summed E-state index contributed by atoms with van der Waals surface area (Å²) >= 11 is 0. The highest BCUT2D eigenvalue weighted by molar-refractivity contribution is 6.27. The van der Waals surface area contributed by atoms with E-state index in [0.717, 1.165) is 99.2 Å². The normalized spacial score (nSPS) is 11.7. The Kier molecular flexibility index (Phi) is 8.14. The zero-order valence-corrected chi connectivity index (χ0v) is 34.7. The van der Waals surface area contributed by atoms with E-state index in [1.807, 2.05) is 91.0 Å². The number of furan rings is 1. The van der Waals surface area contributed by atoms with Crippen molar-refractivity contribution in [3.63, 3.8) is 0 Å². The van der Waals surface area contributed by atoms with Crippen molar-refractivity contribution in [2.45, 2.75) is 0 Å². The van der Waals surface area contributed by atoms with E-state index in [1.54, 1.807) is 0 Å². The van der Waals surface area contributed by atoms with Gasteiger partial charge in [0.25, 0.3) is 0 Å². The number of fused-ring (bicyclic) bond motifs is 11. The van der Waals surface area contributed by atoms with Crippen LogP contribution in [0.15, 0.2) is 211 Å². The lowest BCUT2D eigenvalue weighted by atomic mass is 10.0. The van der Waals surface area contributed by atoms with Crippen LogP contribution in [-0.4, -0.2) is 24.1 Å². The molecule has 0 bridgehead atoms. The Bertz CT molecular complexity index is 4070. The SMILES string of the molecule is N#Cc1cc(-c2nc(-c3ccccc3)nc(-c3cccc(-c4ccccc4)c3)n2)ccc1-n1c2ccccc2c2ccc3c4ccc5c(c6ccccc6n5-c5ccccc5)c4oc3c21. The van der Waals surface area contributed by atoms with Crippen LogP contribution in [-0.2, 0) is 0 Å². The minimum absolute atomic E-state index is 0.473. The molecule has 7 nitrogen and oxygen atoms in total. The van der Waals surface area contributed by atoms with Gasteiger partial charge in [0, 0.05) is 49.3 Å². The predicted octanol–water partition coefficient (Wildman–Crippen LogP) is 14.5. The van der Waals surface area contributed by atoms with Gasteiger partial charge in [-0.3, -0.25) is 0 Å². The molecule has 9 aromatic carbocycles. The Morgan fingerprint density at radius 3 is 1.68 bits per heavy atom.